The van der Waals surface area contributed by atoms with Gasteiger partial charge in [-0.2, -0.15) is 0 Å². The van der Waals surface area contributed by atoms with Crippen LogP contribution in [0, 0.1) is 0 Å². The summed E-state index contributed by atoms with van der Waals surface area (Å²) >= 11 is 1.72. The summed E-state index contributed by atoms with van der Waals surface area (Å²) in [5.41, 5.74) is 6.03. The van der Waals surface area contributed by atoms with Crippen LogP contribution in [0.4, 0.5) is 5.69 Å². The maximum absolute atomic E-state index is 13.5. The number of allylic oxidation sites excluding steroid dienone is 4. The second-order valence-corrected chi connectivity index (χ2v) is 14.9. The van der Waals surface area contributed by atoms with Gasteiger partial charge in [0.1, 0.15) is 9.84 Å². The Morgan fingerprint density at radius 2 is 1.98 bits per heavy atom. The molecule has 3 aliphatic heterocycles. The summed E-state index contributed by atoms with van der Waals surface area (Å²) in [4.78, 5) is 37.0. The van der Waals surface area contributed by atoms with E-state index in [1.807, 2.05) is 29.2 Å². The van der Waals surface area contributed by atoms with Crippen LogP contribution in [0.25, 0.3) is 0 Å². The molecule has 10 heteroatoms. The molecule has 0 bridgehead atoms. The monoisotopic (exact) mass is 592 g/mol. The minimum atomic E-state index is -2.98. The van der Waals surface area contributed by atoms with Gasteiger partial charge in [0.05, 0.1) is 23.1 Å². The molecule has 1 fully saturated rings. The quantitative estimate of drug-likeness (QED) is 0.488. The Morgan fingerprint density at radius 1 is 1.17 bits per heavy atom. The maximum Gasteiger partial charge on any atom is 0.254 e. The number of amides is 1. The summed E-state index contributed by atoms with van der Waals surface area (Å²) in [5.74, 6) is 0.314. The number of nitrogens with one attached hydrogen (secondary N) is 1. The summed E-state index contributed by atoms with van der Waals surface area (Å²) in [5, 5.41) is 5.59. The van der Waals surface area contributed by atoms with Crippen LogP contribution in [0.1, 0.15) is 52.5 Å². The second kappa shape index (κ2) is 11.3. The van der Waals surface area contributed by atoms with Gasteiger partial charge in [0, 0.05) is 79.6 Å². The topological polar surface area (TPSA) is 99.2 Å². The first-order valence-corrected chi connectivity index (χ1v) is 17.3. The third-order valence-electron chi connectivity index (χ3n) is 8.44. The SMILES string of the molecule is C[C@@H](Cc1cccs1)N=C1C=CCC(=O)C1=C1Cc2cc3c(cc2N1)CN(C1CCN(CCS(C)(=O)=O)CC1)C3=O. The molecule has 6 rings (SSSR count). The molecule has 1 atom stereocenters. The van der Waals surface area contributed by atoms with Gasteiger partial charge in [-0.25, -0.2) is 8.42 Å². The number of benzene rings is 1. The third-order valence-corrected chi connectivity index (χ3v) is 10.3. The lowest BCUT2D eigenvalue weighted by Crippen LogP contribution is -2.45. The van der Waals surface area contributed by atoms with E-state index in [0.29, 0.717) is 31.5 Å². The zero-order valence-corrected chi connectivity index (χ0v) is 25.2. The molecule has 1 saturated heterocycles. The van der Waals surface area contributed by atoms with E-state index < -0.39 is 9.84 Å². The summed E-state index contributed by atoms with van der Waals surface area (Å²) in [7, 11) is -2.98. The Labute approximate surface area is 245 Å². The van der Waals surface area contributed by atoms with Crippen LogP contribution in [0.3, 0.4) is 0 Å². The number of rotatable bonds is 7. The highest BCUT2D eigenvalue weighted by atomic mass is 32.2. The average Bonchev–Trinajstić information content (AvgIpc) is 3.65. The largest absolute Gasteiger partial charge is 0.358 e. The number of aliphatic imine (C=N–C) groups is 1. The molecule has 1 aliphatic carbocycles. The van der Waals surface area contributed by atoms with Crippen molar-refractivity contribution in [1.82, 2.24) is 9.80 Å². The number of hydrogen-bond donors (Lipinski definition) is 1. The number of hydrogen-bond acceptors (Lipinski definition) is 8. The molecular weight excluding hydrogens is 556 g/mol. The van der Waals surface area contributed by atoms with Crippen molar-refractivity contribution in [1.29, 1.82) is 0 Å². The molecule has 4 heterocycles. The van der Waals surface area contributed by atoms with E-state index in [1.165, 1.54) is 11.1 Å². The number of piperidine rings is 1. The number of carbonyl (C=O) groups is 2. The zero-order chi connectivity index (χ0) is 28.7. The number of sulfone groups is 1. The van der Waals surface area contributed by atoms with Crippen molar-refractivity contribution in [3.63, 3.8) is 0 Å². The predicted molar refractivity (Wildman–Crippen MR) is 164 cm³/mol. The highest BCUT2D eigenvalue weighted by Crippen LogP contribution is 2.38. The highest BCUT2D eigenvalue weighted by molar-refractivity contribution is 7.90. The fourth-order valence-corrected chi connectivity index (χ4v) is 7.74. The summed E-state index contributed by atoms with van der Waals surface area (Å²) in [6, 6.07) is 8.46. The van der Waals surface area contributed by atoms with Gasteiger partial charge < -0.3 is 15.1 Å². The van der Waals surface area contributed by atoms with Gasteiger partial charge in [-0.1, -0.05) is 12.1 Å². The van der Waals surface area contributed by atoms with Crippen molar-refractivity contribution in [2.24, 2.45) is 4.99 Å². The minimum Gasteiger partial charge on any atom is -0.358 e. The van der Waals surface area contributed by atoms with E-state index in [-0.39, 0.29) is 29.5 Å². The van der Waals surface area contributed by atoms with E-state index in [1.54, 1.807) is 11.3 Å². The maximum atomic E-state index is 13.5. The van der Waals surface area contributed by atoms with Crippen molar-refractivity contribution in [3.8, 4) is 0 Å². The number of ketones is 1. The summed E-state index contributed by atoms with van der Waals surface area (Å²) in [6.07, 6.45) is 8.60. The number of anilines is 1. The Morgan fingerprint density at radius 3 is 2.71 bits per heavy atom. The molecule has 2 aromatic rings. The number of fused-ring (bicyclic) bond motifs is 2. The Kier molecular flexibility index (Phi) is 7.74. The Balaban J connectivity index is 1.16. The number of nitrogens with zero attached hydrogens (tertiary/aromatic N) is 3. The van der Waals surface area contributed by atoms with Gasteiger partial charge in [0.25, 0.3) is 5.91 Å². The molecule has 1 aromatic carbocycles. The van der Waals surface area contributed by atoms with Gasteiger partial charge in [-0.05, 0) is 60.5 Å². The van der Waals surface area contributed by atoms with Gasteiger partial charge in [-0.3, -0.25) is 14.6 Å². The van der Waals surface area contributed by atoms with Crippen molar-refractivity contribution in [2.45, 2.75) is 57.7 Å². The molecule has 0 unspecified atom stereocenters. The standard InChI is InChI=1S/C31H36N4O4S2/c1-20(15-24-5-4-13-40-24)32-26-6-3-7-29(36)30(26)28-17-21-16-25-22(18-27(21)33-28)19-35(31(25)37)23-8-10-34(11-9-23)12-14-41(2,38)39/h3-6,13,16,18,20,23,33H,7-12,14-15,17,19H2,1-2H3/t20-/m0/s1. The van der Waals surface area contributed by atoms with Crippen LogP contribution in [0.2, 0.25) is 0 Å². The fraction of sp³-hybridized carbons (Fsp3) is 0.452. The Hall–Kier alpha value is -3.08. The first kappa shape index (κ1) is 28.1. The highest BCUT2D eigenvalue weighted by Gasteiger charge is 2.36. The van der Waals surface area contributed by atoms with Gasteiger partial charge in [-0.15, -0.1) is 11.3 Å². The lowest BCUT2D eigenvalue weighted by molar-refractivity contribution is -0.114. The van der Waals surface area contributed by atoms with Gasteiger partial charge in [0.15, 0.2) is 5.78 Å². The molecular formula is C31H36N4O4S2. The number of likely N-dealkylation sites (tertiary alicyclic amines) is 1. The van der Waals surface area contributed by atoms with Crippen LogP contribution in [0.5, 0.6) is 0 Å². The van der Waals surface area contributed by atoms with E-state index in [0.717, 1.165) is 66.1 Å². The van der Waals surface area contributed by atoms with Crippen LogP contribution in [-0.2, 0) is 34.0 Å². The molecule has 216 valence electrons. The first-order valence-electron chi connectivity index (χ1n) is 14.3. The van der Waals surface area contributed by atoms with Crippen molar-refractivity contribution >= 4 is 44.3 Å². The Bertz CT molecular complexity index is 1560. The summed E-state index contributed by atoms with van der Waals surface area (Å²) < 4.78 is 23.1. The average molecular weight is 593 g/mol. The van der Waals surface area contributed by atoms with Gasteiger partial charge >= 0.3 is 0 Å². The van der Waals surface area contributed by atoms with Crippen LogP contribution < -0.4 is 5.32 Å². The van der Waals surface area contributed by atoms with Crippen LogP contribution in [-0.4, -0.2) is 79.3 Å². The molecule has 0 saturated carbocycles. The van der Waals surface area contributed by atoms with E-state index in [4.69, 9.17) is 4.99 Å². The van der Waals surface area contributed by atoms with Crippen molar-refractivity contribution in [3.05, 3.63) is 74.6 Å². The molecule has 4 aliphatic rings. The van der Waals surface area contributed by atoms with Crippen LogP contribution >= 0.6 is 11.3 Å². The first-order chi connectivity index (χ1) is 19.6. The zero-order valence-electron chi connectivity index (χ0n) is 23.6. The molecule has 1 aromatic heterocycles. The number of Topliss-reactive ketones (excluding diaryl/α,β-unsaturated/α-hetero) is 1. The third kappa shape index (κ3) is 6.10. The molecule has 0 spiro atoms. The predicted octanol–water partition coefficient (Wildman–Crippen LogP) is 4.04. The van der Waals surface area contributed by atoms with Crippen molar-refractivity contribution in [2.75, 3.05) is 37.0 Å². The molecule has 0 radical (unpaired) electrons. The number of thiophene rings is 1. The molecule has 8 nitrogen and oxygen atoms in total. The molecule has 1 amide bonds. The van der Waals surface area contributed by atoms with E-state index in [9.17, 15) is 18.0 Å². The van der Waals surface area contributed by atoms with E-state index in [2.05, 4.69) is 34.7 Å². The fourth-order valence-electron chi connectivity index (χ4n) is 6.32. The van der Waals surface area contributed by atoms with E-state index >= 15 is 0 Å². The normalized spacial score (nSPS) is 23.3. The number of carbonyl (C=O) groups excluding carboxylic acids is 2. The second-order valence-electron chi connectivity index (χ2n) is 11.6. The molecule has 41 heavy (non-hydrogen) atoms. The van der Waals surface area contributed by atoms with Crippen LogP contribution in [0.15, 0.2) is 58.1 Å². The lowest BCUT2D eigenvalue weighted by Gasteiger charge is -2.36. The summed E-state index contributed by atoms with van der Waals surface area (Å²) in [6.45, 7) is 4.81. The molecule has 1 N–H and O–H groups in total. The smallest absolute Gasteiger partial charge is 0.254 e. The van der Waals surface area contributed by atoms with Crippen molar-refractivity contribution < 1.29 is 18.0 Å². The minimum absolute atomic E-state index is 0.0533. The lowest BCUT2D eigenvalue weighted by atomic mass is 9.93. The van der Waals surface area contributed by atoms with Gasteiger partial charge in [0.2, 0.25) is 0 Å².